The third kappa shape index (κ3) is 3.36. The number of nitrogens with one attached hydrogen (secondary N) is 1. The molecule has 0 bridgehead atoms. The summed E-state index contributed by atoms with van der Waals surface area (Å²) in [7, 11) is 2.16. The summed E-state index contributed by atoms with van der Waals surface area (Å²) in [6.07, 6.45) is 4.06. The zero-order valence-corrected chi connectivity index (χ0v) is 13.5. The predicted octanol–water partition coefficient (Wildman–Crippen LogP) is 2.35. The third-order valence-electron chi connectivity index (χ3n) is 4.30. The largest absolute Gasteiger partial charge is 0.311 e. The van der Waals surface area contributed by atoms with Crippen LogP contribution in [0, 0.1) is 0 Å². The van der Waals surface area contributed by atoms with Gasteiger partial charge in [0, 0.05) is 25.8 Å². The summed E-state index contributed by atoms with van der Waals surface area (Å²) in [4.78, 5) is 6.86. The standard InChI is InChI=1S/C17H25N5/c1-3-17(16-7-4-5-9-19-16)21(2)13-14-11-15-12-18-8-6-10-22(15)20-14/h4-5,7,9,11,17-18H,3,6,8,10,12-13H2,1-2H3. The van der Waals surface area contributed by atoms with Crippen LogP contribution in [-0.4, -0.2) is 33.3 Å². The molecule has 0 fully saturated rings. The molecule has 0 amide bonds. The van der Waals surface area contributed by atoms with Gasteiger partial charge in [0.2, 0.25) is 0 Å². The molecule has 3 heterocycles. The highest BCUT2D eigenvalue weighted by molar-refractivity contribution is 5.13. The van der Waals surface area contributed by atoms with E-state index in [0.29, 0.717) is 6.04 Å². The van der Waals surface area contributed by atoms with E-state index < -0.39 is 0 Å². The monoisotopic (exact) mass is 299 g/mol. The molecule has 1 aliphatic heterocycles. The van der Waals surface area contributed by atoms with Crippen molar-refractivity contribution >= 4 is 0 Å². The lowest BCUT2D eigenvalue weighted by Crippen LogP contribution is -2.24. The van der Waals surface area contributed by atoms with Gasteiger partial charge in [-0.3, -0.25) is 14.6 Å². The molecule has 1 unspecified atom stereocenters. The predicted molar refractivity (Wildman–Crippen MR) is 87.3 cm³/mol. The van der Waals surface area contributed by atoms with Crippen LogP contribution in [0.4, 0.5) is 0 Å². The first-order valence-electron chi connectivity index (χ1n) is 8.15. The summed E-state index contributed by atoms with van der Waals surface area (Å²) in [6.45, 7) is 6.09. The molecule has 3 rings (SSSR count). The second kappa shape index (κ2) is 7.03. The van der Waals surface area contributed by atoms with Crippen LogP contribution in [0.1, 0.15) is 42.9 Å². The summed E-state index contributed by atoms with van der Waals surface area (Å²) < 4.78 is 2.16. The second-order valence-corrected chi connectivity index (χ2v) is 5.97. The SMILES string of the molecule is CCC(c1ccccn1)N(C)Cc1cc2n(n1)CCCNC2. The first-order chi connectivity index (χ1) is 10.8. The van der Waals surface area contributed by atoms with Gasteiger partial charge in [-0.2, -0.15) is 5.10 Å². The second-order valence-electron chi connectivity index (χ2n) is 5.97. The molecule has 0 radical (unpaired) electrons. The number of aromatic nitrogens is 3. The van der Waals surface area contributed by atoms with Crippen LogP contribution < -0.4 is 5.32 Å². The zero-order valence-electron chi connectivity index (χ0n) is 13.5. The molecular formula is C17H25N5. The van der Waals surface area contributed by atoms with Crippen molar-refractivity contribution in [2.45, 2.75) is 45.4 Å². The Morgan fingerprint density at radius 2 is 2.32 bits per heavy atom. The fourth-order valence-electron chi connectivity index (χ4n) is 3.18. The highest BCUT2D eigenvalue weighted by Crippen LogP contribution is 2.22. The highest BCUT2D eigenvalue weighted by Gasteiger charge is 2.18. The topological polar surface area (TPSA) is 46.0 Å². The molecule has 5 heteroatoms. The first-order valence-corrected chi connectivity index (χ1v) is 8.15. The number of hydrogen-bond donors (Lipinski definition) is 1. The lowest BCUT2D eigenvalue weighted by molar-refractivity contribution is 0.222. The lowest BCUT2D eigenvalue weighted by Gasteiger charge is -2.25. The number of nitrogens with zero attached hydrogens (tertiary/aromatic N) is 4. The van der Waals surface area contributed by atoms with Crippen LogP contribution in [0.15, 0.2) is 30.5 Å². The van der Waals surface area contributed by atoms with E-state index in [1.165, 1.54) is 5.69 Å². The zero-order chi connectivity index (χ0) is 15.4. The fourth-order valence-corrected chi connectivity index (χ4v) is 3.18. The number of rotatable bonds is 5. The Balaban J connectivity index is 1.72. The van der Waals surface area contributed by atoms with Gasteiger partial charge in [0.15, 0.2) is 0 Å². The molecule has 2 aromatic heterocycles. The van der Waals surface area contributed by atoms with Crippen molar-refractivity contribution in [2.75, 3.05) is 13.6 Å². The summed E-state index contributed by atoms with van der Waals surface area (Å²) in [5, 5.41) is 8.22. The van der Waals surface area contributed by atoms with E-state index in [-0.39, 0.29) is 0 Å². The smallest absolute Gasteiger partial charge is 0.0768 e. The van der Waals surface area contributed by atoms with E-state index in [1.54, 1.807) is 0 Å². The molecule has 1 atom stereocenters. The first kappa shape index (κ1) is 15.2. The third-order valence-corrected chi connectivity index (χ3v) is 4.30. The van der Waals surface area contributed by atoms with Crippen LogP contribution in [0.2, 0.25) is 0 Å². The van der Waals surface area contributed by atoms with Gasteiger partial charge in [0.05, 0.1) is 23.1 Å². The summed E-state index contributed by atoms with van der Waals surface area (Å²) in [5.74, 6) is 0. The van der Waals surface area contributed by atoms with Crippen LogP contribution in [-0.2, 0) is 19.6 Å². The molecule has 0 aromatic carbocycles. The molecule has 5 nitrogen and oxygen atoms in total. The minimum Gasteiger partial charge on any atom is -0.311 e. The lowest BCUT2D eigenvalue weighted by atomic mass is 10.1. The maximum Gasteiger partial charge on any atom is 0.0768 e. The van der Waals surface area contributed by atoms with Gasteiger partial charge < -0.3 is 5.32 Å². The Morgan fingerprint density at radius 3 is 3.09 bits per heavy atom. The molecule has 1 N–H and O–H groups in total. The van der Waals surface area contributed by atoms with Crippen LogP contribution in [0.5, 0.6) is 0 Å². The number of hydrogen-bond acceptors (Lipinski definition) is 4. The number of pyridine rings is 1. The van der Waals surface area contributed by atoms with E-state index in [0.717, 1.165) is 50.4 Å². The average molecular weight is 299 g/mol. The van der Waals surface area contributed by atoms with Gasteiger partial charge in [0.25, 0.3) is 0 Å². The Kier molecular flexibility index (Phi) is 4.85. The molecule has 1 aliphatic rings. The Hall–Kier alpha value is -1.72. The van der Waals surface area contributed by atoms with E-state index in [2.05, 4.69) is 52.1 Å². The fraction of sp³-hybridized carbons (Fsp3) is 0.529. The van der Waals surface area contributed by atoms with E-state index in [1.807, 2.05) is 12.3 Å². The molecule has 118 valence electrons. The van der Waals surface area contributed by atoms with E-state index in [9.17, 15) is 0 Å². The Morgan fingerprint density at radius 1 is 1.41 bits per heavy atom. The van der Waals surface area contributed by atoms with Gasteiger partial charge in [-0.25, -0.2) is 0 Å². The highest BCUT2D eigenvalue weighted by atomic mass is 15.3. The maximum absolute atomic E-state index is 4.78. The molecule has 2 aromatic rings. The number of aryl methyl sites for hydroxylation is 1. The van der Waals surface area contributed by atoms with Crippen LogP contribution in [0.3, 0.4) is 0 Å². The molecule has 0 saturated heterocycles. The van der Waals surface area contributed by atoms with Crippen molar-refractivity contribution in [2.24, 2.45) is 0 Å². The molecular weight excluding hydrogens is 274 g/mol. The van der Waals surface area contributed by atoms with Gasteiger partial charge in [0.1, 0.15) is 0 Å². The van der Waals surface area contributed by atoms with E-state index >= 15 is 0 Å². The molecule has 0 aliphatic carbocycles. The van der Waals surface area contributed by atoms with Crippen molar-refractivity contribution in [1.82, 2.24) is 25.0 Å². The van der Waals surface area contributed by atoms with Crippen LogP contribution >= 0.6 is 0 Å². The molecule has 0 saturated carbocycles. The molecule has 22 heavy (non-hydrogen) atoms. The average Bonchev–Trinajstić information content (AvgIpc) is 2.77. The van der Waals surface area contributed by atoms with Gasteiger partial charge in [-0.05, 0) is 44.6 Å². The summed E-state index contributed by atoms with van der Waals surface area (Å²) >= 11 is 0. The van der Waals surface area contributed by atoms with Crippen molar-refractivity contribution in [3.8, 4) is 0 Å². The minimum atomic E-state index is 0.334. The van der Waals surface area contributed by atoms with Crippen LogP contribution in [0.25, 0.3) is 0 Å². The summed E-state index contributed by atoms with van der Waals surface area (Å²) in [6, 6.07) is 8.71. The van der Waals surface area contributed by atoms with Gasteiger partial charge >= 0.3 is 0 Å². The van der Waals surface area contributed by atoms with E-state index in [4.69, 9.17) is 5.10 Å². The van der Waals surface area contributed by atoms with Gasteiger partial charge in [-0.1, -0.05) is 13.0 Å². The van der Waals surface area contributed by atoms with Crippen molar-refractivity contribution in [3.05, 3.63) is 47.5 Å². The number of fused-ring (bicyclic) bond motifs is 1. The summed E-state index contributed by atoms with van der Waals surface area (Å²) in [5.41, 5.74) is 3.58. The maximum atomic E-state index is 4.78. The van der Waals surface area contributed by atoms with Gasteiger partial charge in [-0.15, -0.1) is 0 Å². The quantitative estimate of drug-likeness (QED) is 0.920. The minimum absolute atomic E-state index is 0.334. The normalized spacial score (nSPS) is 16.3. The van der Waals surface area contributed by atoms with Crippen molar-refractivity contribution in [1.29, 1.82) is 0 Å². The Bertz CT molecular complexity index is 569. The van der Waals surface area contributed by atoms with Crippen molar-refractivity contribution < 1.29 is 0 Å². The van der Waals surface area contributed by atoms with Crippen molar-refractivity contribution in [3.63, 3.8) is 0 Å². The Labute approximate surface area is 132 Å². The molecule has 0 spiro atoms.